The second-order valence-corrected chi connectivity index (χ2v) is 4.28. The number of anilines is 1. The molecule has 0 atom stereocenters. The van der Waals surface area contributed by atoms with Crippen LogP contribution in [0.4, 0.5) is 10.2 Å². The summed E-state index contributed by atoms with van der Waals surface area (Å²) in [5.74, 6) is 0.131. The molecule has 0 aliphatic heterocycles. The fourth-order valence-corrected chi connectivity index (χ4v) is 1.91. The van der Waals surface area contributed by atoms with Crippen LogP contribution in [-0.4, -0.2) is 19.5 Å². The van der Waals surface area contributed by atoms with Crippen LogP contribution in [-0.2, 0) is 6.54 Å². The molecule has 0 radical (unpaired) electrons. The van der Waals surface area contributed by atoms with Gasteiger partial charge in [0.15, 0.2) is 11.5 Å². The number of imidazole rings is 1. The minimum atomic E-state index is -0.241. The highest BCUT2D eigenvalue weighted by Gasteiger charge is 2.05. The number of nitrogens with zero attached hydrogens (tertiary/aromatic N) is 4. The number of aromatic nitrogens is 4. The van der Waals surface area contributed by atoms with Crippen LogP contribution in [0.25, 0.3) is 17.2 Å². The molecule has 3 rings (SSSR count). The molecule has 0 saturated heterocycles. The van der Waals surface area contributed by atoms with E-state index in [0.29, 0.717) is 23.5 Å². The summed E-state index contributed by atoms with van der Waals surface area (Å²) in [7, 11) is 0. The summed E-state index contributed by atoms with van der Waals surface area (Å²) >= 11 is 0. The van der Waals surface area contributed by atoms with Crippen LogP contribution in [0.3, 0.4) is 0 Å². The number of nitrogen functional groups attached to an aromatic ring is 1. The quantitative estimate of drug-likeness (QED) is 0.791. The highest BCUT2D eigenvalue weighted by atomic mass is 19.1. The monoisotopic (exact) mass is 269 g/mol. The van der Waals surface area contributed by atoms with Crippen molar-refractivity contribution >= 4 is 23.1 Å². The second-order valence-electron chi connectivity index (χ2n) is 4.28. The molecule has 0 bridgehead atoms. The minimum Gasteiger partial charge on any atom is -0.382 e. The van der Waals surface area contributed by atoms with E-state index in [0.717, 1.165) is 5.56 Å². The van der Waals surface area contributed by atoms with Crippen LogP contribution in [0.2, 0.25) is 0 Å². The van der Waals surface area contributed by atoms with Gasteiger partial charge in [-0.05, 0) is 17.7 Å². The van der Waals surface area contributed by atoms with Gasteiger partial charge >= 0.3 is 0 Å². The molecule has 5 nitrogen and oxygen atoms in total. The molecule has 0 aliphatic rings. The Bertz CT molecular complexity index is 761. The van der Waals surface area contributed by atoms with Crippen molar-refractivity contribution in [2.75, 3.05) is 5.73 Å². The topological polar surface area (TPSA) is 69.6 Å². The van der Waals surface area contributed by atoms with Gasteiger partial charge in [0.25, 0.3) is 0 Å². The molecule has 0 spiro atoms. The highest BCUT2D eigenvalue weighted by molar-refractivity contribution is 5.81. The van der Waals surface area contributed by atoms with Crippen molar-refractivity contribution < 1.29 is 4.39 Å². The minimum absolute atomic E-state index is 0.241. The molecule has 2 heterocycles. The van der Waals surface area contributed by atoms with Gasteiger partial charge in [-0.3, -0.25) is 0 Å². The van der Waals surface area contributed by atoms with E-state index in [2.05, 4.69) is 15.0 Å². The lowest BCUT2D eigenvalue weighted by atomic mass is 10.2. The lowest BCUT2D eigenvalue weighted by molar-refractivity contribution is 0.628. The molecule has 0 saturated carbocycles. The zero-order valence-corrected chi connectivity index (χ0v) is 10.6. The van der Waals surface area contributed by atoms with E-state index in [1.54, 1.807) is 18.5 Å². The summed E-state index contributed by atoms with van der Waals surface area (Å²) in [6.45, 7) is 0.602. The van der Waals surface area contributed by atoms with Gasteiger partial charge in [-0.15, -0.1) is 0 Å². The number of hydrogen-bond donors (Lipinski definition) is 1. The molecule has 20 heavy (non-hydrogen) atoms. The van der Waals surface area contributed by atoms with Gasteiger partial charge in [-0.2, -0.15) is 0 Å². The van der Waals surface area contributed by atoms with Gasteiger partial charge in [0, 0.05) is 6.54 Å². The van der Waals surface area contributed by atoms with Crippen molar-refractivity contribution in [3.05, 3.63) is 54.4 Å². The molecule has 1 aromatic carbocycles. The van der Waals surface area contributed by atoms with E-state index in [-0.39, 0.29) is 5.82 Å². The van der Waals surface area contributed by atoms with Gasteiger partial charge in [0.2, 0.25) is 0 Å². The first-order valence-electron chi connectivity index (χ1n) is 6.07. The van der Waals surface area contributed by atoms with Crippen molar-refractivity contribution in [3.63, 3.8) is 0 Å². The van der Waals surface area contributed by atoms with Crippen molar-refractivity contribution in [3.8, 4) is 0 Å². The van der Waals surface area contributed by atoms with Gasteiger partial charge in [0.05, 0.1) is 6.33 Å². The third-order valence-electron chi connectivity index (χ3n) is 2.91. The van der Waals surface area contributed by atoms with Gasteiger partial charge in [-0.1, -0.05) is 24.3 Å². The maximum Gasteiger partial charge on any atom is 0.165 e. The third kappa shape index (κ3) is 2.35. The van der Waals surface area contributed by atoms with E-state index in [1.165, 1.54) is 18.5 Å². The molecular weight excluding hydrogens is 257 g/mol. The first-order valence-corrected chi connectivity index (χ1v) is 6.07. The number of nitrogens with two attached hydrogens (primary N) is 1. The lowest BCUT2D eigenvalue weighted by Gasteiger charge is -1.99. The van der Waals surface area contributed by atoms with Crippen LogP contribution in [0.1, 0.15) is 5.56 Å². The van der Waals surface area contributed by atoms with E-state index >= 15 is 0 Å². The van der Waals surface area contributed by atoms with Crippen molar-refractivity contribution in [2.45, 2.75) is 6.54 Å². The van der Waals surface area contributed by atoms with E-state index in [4.69, 9.17) is 5.73 Å². The Kier molecular flexibility index (Phi) is 3.12. The fourth-order valence-electron chi connectivity index (χ4n) is 1.91. The molecule has 100 valence electrons. The predicted molar refractivity (Wildman–Crippen MR) is 75.2 cm³/mol. The van der Waals surface area contributed by atoms with Crippen LogP contribution in [0.5, 0.6) is 0 Å². The Balaban J connectivity index is 1.80. The Morgan fingerprint density at radius 3 is 2.75 bits per heavy atom. The number of fused-ring (bicyclic) bond motifs is 1. The fraction of sp³-hybridized carbons (Fsp3) is 0.0714. The van der Waals surface area contributed by atoms with Crippen LogP contribution in [0, 0.1) is 5.82 Å². The molecule has 6 heteroatoms. The van der Waals surface area contributed by atoms with Crippen LogP contribution >= 0.6 is 0 Å². The Morgan fingerprint density at radius 1 is 1.15 bits per heavy atom. The third-order valence-corrected chi connectivity index (χ3v) is 2.91. The van der Waals surface area contributed by atoms with Crippen molar-refractivity contribution in [2.24, 2.45) is 0 Å². The summed E-state index contributed by atoms with van der Waals surface area (Å²) in [4.78, 5) is 12.2. The average Bonchev–Trinajstić information content (AvgIpc) is 2.86. The van der Waals surface area contributed by atoms with E-state index in [1.807, 2.05) is 16.7 Å². The summed E-state index contributed by atoms with van der Waals surface area (Å²) in [5, 5.41) is 0. The normalized spacial score (nSPS) is 11.4. The number of rotatable bonds is 3. The smallest absolute Gasteiger partial charge is 0.165 e. The number of hydrogen-bond acceptors (Lipinski definition) is 4. The Labute approximate surface area is 114 Å². The number of allylic oxidation sites excluding steroid dienone is 1. The first-order chi connectivity index (χ1) is 9.74. The molecule has 3 aromatic rings. The molecule has 0 unspecified atom stereocenters. The van der Waals surface area contributed by atoms with E-state index < -0.39 is 0 Å². The number of benzene rings is 1. The molecular formula is C14H12FN5. The Hall–Kier alpha value is -2.76. The summed E-state index contributed by atoms with van der Waals surface area (Å²) in [6.07, 6.45) is 6.95. The zero-order chi connectivity index (χ0) is 13.9. The summed E-state index contributed by atoms with van der Waals surface area (Å²) < 4.78 is 14.7. The first kappa shape index (κ1) is 12.3. The van der Waals surface area contributed by atoms with Gasteiger partial charge in [-0.25, -0.2) is 19.3 Å². The number of halogens is 1. The van der Waals surface area contributed by atoms with E-state index in [9.17, 15) is 4.39 Å². The average molecular weight is 269 g/mol. The Morgan fingerprint density at radius 2 is 1.95 bits per heavy atom. The predicted octanol–water partition coefficient (Wildman–Crippen LogP) is 2.26. The molecule has 0 fully saturated rings. The molecule has 0 aliphatic carbocycles. The van der Waals surface area contributed by atoms with Crippen LogP contribution in [0.15, 0.2) is 43.0 Å². The molecule has 2 N–H and O–H groups in total. The second kappa shape index (κ2) is 5.08. The standard InChI is InChI=1S/C14H12FN5/c15-11-5-3-10(4-6-11)2-1-7-20-9-19-12-13(16)17-8-18-14(12)20/h1-6,8-9H,7H2,(H2,16,17,18)/b2-1+. The molecule has 0 amide bonds. The maximum absolute atomic E-state index is 12.8. The summed E-state index contributed by atoms with van der Waals surface area (Å²) in [6, 6.07) is 6.30. The van der Waals surface area contributed by atoms with Gasteiger partial charge in [0.1, 0.15) is 17.7 Å². The lowest BCUT2D eigenvalue weighted by Crippen LogP contribution is -1.97. The zero-order valence-electron chi connectivity index (χ0n) is 10.6. The van der Waals surface area contributed by atoms with Crippen LogP contribution < -0.4 is 5.73 Å². The maximum atomic E-state index is 12.8. The SMILES string of the molecule is Nc1ncnc2c1ncn2C/C=C/c1ccc(F)cc1. The summed E-state index contributed by atoms with van der Waals surface area (Å²) in [5.41, 5.74) is 7.95. The van der Waals surface area contributed by atoms with Gasteiger partial charge < -0.3 is 10.3 Å². The van der Waals surface area contributed by atoms with Crippen molar-refractivity contribution in [1.82, 2.24) is 19.5 Å². The largest absolute Gasteiger partial charge is 0.382 e. The van der Waals surface area contributed by atoms with Crippen molar-refractivity contribution in [1.29, 1.82) is 0 Å². The highest BCUT2D eigenvalue weighted by Crippen LogP contribution is 2.14. The molecule has 2 aromatic heterocycles.